The summed E-state index contributed by atoms with van der Waals surface area (Å²) in [4.78, 5) is 14.2. The zero-order valence-corrected chi connectivity index (χ0v) is 11.7. The summed E-state index contributed by atoms with van der Waals surface area (Å²) in [7, 11) is 0. The molecule has 1 fully saturated rings. The smallest absolute Gasteiger partial charge is 0.338 e. The molecule has 0 saturated carbocycles. The van der Waals surface area contributed by atoms with E-state index >= 15 is 0 Å². The summed E-state index contributed by atoms with van der Waals surface area (Å²) in [6.07, 6.45) is 5.74. The Morgan fingerprint density at radius 3 is 2.47 bits per heavy atom. The summed E-state index contributed by atoms with van der Waals surface area (Å²) in [6, 6.07) is 7.79. The lowest BCUT2D eigenvalue weighted by molar-refractivity contribution is 0.0498. The number of anilines is 1. The van der Waals surface area contributed by atoms with Gasteiger partial charge in [-0.15, -0.1) is 0 Å². The third kappa shape index (κ3) is 3.98. The Labute approximate surface area is 115 Å². The molecule has 3 nitrogen and oxygen atoms in total. The second-order valence-electron chi connectivity index (χ2n) is 5.08. The highest BCUT2D eigenvalue weighted by Gasteiger charge is 2.13. The number of rotatable bonds is 6. The minimum absolute atomic E-state index is 0.205. The number of esters is 1. The molecule has 19 heavy (non-hydrogen) atoms. The molecule has 0 spiro atoms. The van der Waals surface area contributed by atoms with Gasteiger partial charge < -0.3 is 9.64 Å². The van der Waals surface area contributed by atoms with Crippen LogP contribution in [0.15, 0.2) is 24.3 Å². The average Bonchev–Trinajstić information content (AvgIpc) is 2.98. The standard InChI is InChI=1S/C16H23NO2/c1-2-3-6-13-19-16(18)14-7-9-15(10-8-14)17-11-4-5-12-17/h7-10H,2-6,11-13H2,1H3. The fraction of sp³-hybridized carbons (Fsp3) is 0.562. The molecule has 1 aromatic carbocycles. The molecule has 1 saturated heterocycles. The summed E-state index contributed by atoms with van der Waals surface area (Å²) in [5.41, 5.74) is 1.86. The molecule has 1 heterocycles. The van der Waals surface area contributed by atoms with Crippen LogP contribution in [0.5, 0.6) is 0 Å². The molecule has 104 valence electrons. The van der Waals surface area contributed by atoms with Crippen molar-refractivity contribution in [2.45, 2.75) is 39.0 Å². The van der Waals surface area contributed by atoms with Gasteiger partial charge in [0.25, 0.3) is 0 Å². The lowest BCUT2D eigenvalue weighted by Crippen LogP contribution is -2.17. The first-order valence-electron chi connectivity index (χ1n) is 7.33. The van der Waals surface area contributed by atoms with E-state index in [9.17, 15) is 4.79 Å². The molecule has 0 N–H and O–H groups in total. The van der Waals surface area contributed by atoms with Crippen LogP contribution in [-0.4, -0.2) is 25.7 Å². The number of ether oxygens (including phenoxy) is 1. The van der Waals surface area contributed by atoms with Gasteiger partial charge in [0.05, 0.1) is 12.2 Å². The van der Waals surface area contributed by atoms with Crippen molar-refractivity contribution in [3.63, 3.8) is 0 Å². The molecule has 0 atom stereocenters. The fourth-order valence-corrected chi connectivity index (χ4v) is 2.38. The largest absolute Gasteiger partial charge is 0.462 e. The Hall–Kier alpha value is -1.51. The number of nitrogens with zero attached hydrogens (tertiary/aromatic N) is 1. The van der Waals surface area contributed by atoms with Gasteiger partial charge in [0.1, 0.15) is 0 Å². The first-order chi connectivity index (χ1) is 9.31. The molecule has 0 aromatic heterocycles. The summed E-state index contributed by atoms with van der Waals surface area (Å²) in [5.74, 6) is -0.205. The molecule has 0 bridgehead atoms. The van der Waals surface area contributed by atoms with Crippen LogP contribution in [0, 0.1) is 0 Å². The van der Waals surface area contributed by atoms with E-state index in [0.29, 0.717) is 12.2 Å². The number of unbranched alkanes of at least 4 members (excludes halogenated alkanes) is 2. The van der Waals surface area contributed by atoms with Gasteiger partial charge in [0.2, 0.25) is 0 Å². The molecule has 0 amide bonds. The first kappa shape index (κ1) is 13.9. The van der Waals surface area contributed by atoms with E-state index < -0.39 is 0 Å². The highest BCUT2D eigenvalue weighted by atomic mass is 16.5. The Morgan fingerprint density at radius 1 is 1.16 bits per heavy atom. The van der Waals surface area contributed by atoms with Gasteiger partial charge in [0, 0.05) is 18.8 Å². The van der Waals surface area contributed by atoms with Crippen LogP contribution in [0.25, 0.3) is 0 Å². The van der Waals surface area contributed by atoms with Crippen molar-refractivity contribution >= 4 is 11.7 Å². The van der Waals surface area contributed by atoms with Crippen LogP contribution in [0.3, 0.4) is 0 Å². The molecule has 0 radical (unpaired) electrons. The van der Waals surface area contributed by atoms with Crippen LogP contribution >= 0.6 is 0 Å². The maximum Gasteiger partial charge on any atom is 0.338 e. The topological polar surface area (TPSA) is 29.5 Å². The van der Waals surface area contributed by atoms with Gasteiger partial charge in [0.15, 0.2) is 0 Å². The minimum Gasteiger partial charge on any atom is -0.462 e. The predicted octanol–water partition coefficient (Wildman–Crippen LogP) is 3.63. The second-order valence-corrected chi connectivity index (χ2v) is 5.08. The highest BCUT2D eigenvalue weighted by molar-refractivity contribution is 5.89. The zero-order chi connectivity index (χ0) is 13.5. The van der Waals surface area contributed by atoms with E-state index in [2.05, 4.69) is 11.8 Å². The Morgan fingerprint density at radius 2 is 1.84 bits per heavy atom. The number of hydrogen-bond donors (Lipinski definition) is 0. The summed E-state index contributed by atoms with van der Waals surface area (Å²) >= 11 is 0. The minimum atomic E-state index is -0.205. The molecule has 0 unspecified atom stereocenters. The highest BCUT2D eigenvalue weighted by Crippen LogP contribution is 2.20. The Bertz CT molecular complexity index is 394. The van der Waals surface area contributed by atoms with E-state index in [1.165, 1.54) is 18.5 Å². The molecule has 1 aliphatic heterocycles. The zero-order valence-electron chi connectivity index (χ0n) is 11.7. The number of carbonyl (C=O) groups is 1. The van der Waals surface area contributed by atoms with Gasteiger partial charge in [-0.3, -0.25) is 0 Å². The molecule has 0 aliphatic carbocycles. The quantitative estimate of drug-likeness (QED) is 0.578. The van der Waals surface area contributed by atoms with Crippen LogP contribution in [0.4, 0.5) is 5.69 Å². The molecular formula is C16H23NO2. The van der Waals surface area contributed by atoms with E-state index in [1.54, 1.807) is 0 Å². The van der Waals surface area contributed by atoms with Gasteiger partial charge in [-0.25, -0.2) is 4.79 Å². The van der Waals surface area contributed by atoms with Crippen molar-refractivity contribution in [2.24, 2.45) is 0 Å². The molecule has 1 aliphatic rings. The SMILES string of the molecule is CCCCCOC(=O)c1ccc(N2CCCC2)cc1. The summed E-state index contributed by atoms with van der Waals surface area (Å²) in [6.45, 7) is 4.92. The van der Waals surface area contributed by atoms with Crippen LogP contribution in [-0.2, 0) is 4.74 Å². The predicted molar refractivity (Wildman–Crippen MR) is 77.7 cm³/mol. The lowest BCUT2D eigenvalue weighted by Gasteiger charge is -2.17. The maximum atomic E-state index is 11.8. The Balaban J connectivity index is 1.85. The van der Waals surface area contributed by atoms with Crippen LogP contribution in [0.2, 0.25) is 0 Å². The monoisotopic (exact) mass is 261 g/mol. The van der Waals surface area contributed by atoms with Crippen molar-refractivity contribution in [2.75, 3.05) is 24.6 Å². The normalized spacial score (nSPS) is 14.7. The lowest BCUT2D eigenvalue weighted by atomic mass is 10.2. The second kappa shape index (κ2) is 7.17. The van der Waals surface area contributed by atoms with Crippen molar-refractivity contribution in [1.29, 1.82) is 0 Å². The van der Waals surface area contributed by atoms with E-state index in [-0.39, 0.29) is 5.97 Å². The average molecular weight is 261 g/mol. The Kier molecular flexibility index (Phi) is 5.25. The number of benzene rings is 1. The van der Waals surface area contributed by atoms with Crippen molar-refractivity contribution in [1.82, 2.24) is 0 Å². The van der Waals surface area contributed by atoms with Crippen molar-refractivity contribution < 1.29 is 9.53 Å². The maximum absolute atomic E-state index is 11.8. The van der Waals surface area contributed by atoms with Crippen LogP contribution in [0.1, 0.15) is 49.4 Å². The molecular weight excluding hydrogens is 238 g/mol. The van der Waals surface area contributed by atoms with Crippen LogP contribution < -0.4 is 4.90 Å². The van der Waals surface area contributed by atoms with Gasteiger partial charge >= 0.3 is 5.97 Å². The molecule has 2 rings (SSSR count). The van der Waals surface area contributed by atoms with Crippen molar-refractivity contribution in [3.8, 4) is 0 Å². The molecule has 1 aromatic rings. The van der Waals surface area contributed by atoms with E-state index in [0.717, 1.165) is 32.4 Å². The number of hydrogen-bond acceptors (Lipinski definition) is 3. The third-order valence-corrected chi connectivity index (χ3v) is 3.56. The van der Waals surface area contributed by atoms with Gasteiger partial charge in [-0.05, 0) is 43.5 Å². The van der Waals surface area contributed by atoms with E-state index in [1.807, 2.05) is 24.3 Å². The summed E-state index contributed by atoms with van der Waals surface area (Å²) in [5, 5.41) is 0. The number of carbonyl (C=O) groups excluding carboxylic acids is 1. The fourth-order valence-electron chi connectivity index (χ4n) is 2.38. The van der Waals surface area contributed by atoms with Crippen molar-refractivity contribution in [3.05, 3.63) is 29.8 Å². The molecule has 3 heteroatoms. The van der Waals surface area contributed by atoms with Gasteiger partial charge in [-0.2, -0.15) is 0 Å². The first-order valence-corrected chi connectivity index (χ1v) is 7.33. The summed E-state index contributed by atoms with van der Waals surface area (Å²) < 4.78 is 5.24. The van der Waals surface area contributed by atoms with Gasteiger partial charge in [-0.1, -0.05) is 19.8 Å². The third-order valence-electron chi connectivity index (χ3n) is 3.56. The van der Waals surface area contributed by atoms with E-state index in [4.69, 9.17) is 4.74 Å².